The average molecular weight is 215 g/mol. The van der Waals surface area contributed by atoms with Gasteiger partial charge in [0.05, 0.1) is 18.1 Å². The maximum Gasteiger partial charge on any atom is 0.240 e. The molecule has 0 aromatic carbocycles. The molecule has 1 heterocycles. The van der Waals surface area contributed by atoms with E-state index in [9.17, 15) is 14.7 Å². The molecule has 6 heteroatoms. The van der Waals surface area contributed by atoms with E-state index in [-0.39, 0.29) is 18.9 Å². The van der Waals surface area contributed by atoms with Crippen LogP contribution in [0.1, 0.15) is 19.8 Å². The summed E-state index contributed by atoms with van der Waals surface area (Å²) in [4.78, 5) is 23.7. The lowest BCUT2D eigenvalue weighted by Gasteiger charge is -2.21. The van der Waals surface area contributed by atoms with Gasteiger partial charge in [0, 0.05) is 13.1 Å². The van der Waals surface area contributed by atoms with Gasteiger partial charge in [0.25, 0.3) is 0 Å². The van der Waals surface area contributed by atoms with Gasteiger partial charge in [0.15, 0.2) is 0 Å². The molecule has 5 N–H and O–H groups in total. The van der Waals surface area contributed by atoms with Crippen molar-refractivity contribution in [3.63, 3.8) is 0 Å². The van der Waals surface area contributed by atoms with Crippen molar-refractivity contribution in [2.75, 3.05) is 13.1 Å². The Morgan fingerprint density at radius 1 is 1.60 bits per heavy atom. The van der Waals surface area contributed by atoms with Crippen molar-refractivity contribution in [2.24, 2.45) is 11.5 Å². The molecule has 1 saturated heterocycles. The number of nitrogens with zero attached hydrogens (tertiary/aromatic N) is 1. The second-order valence-electron chi connectivity index (χ2n) is 4.28. The predicted molar refractivity (Wildman–Crippen MR) is 53.6 cm³/mol. The number of primary amides is 1. The molecule has 2 amide bonds. The van der Waals surface area contributed by atoms with E-state index in [4.69, 9.17) is 11.5 Å². The van der Waals surface area contributed by atoms with Crippen molar-refractivity contribution in [1.82, 2.24) is 4.90 Å². The third-order valence-electron chi connectivity index (χ3n) is 2.50. The Morgan fingerprint density at radius 2 is 2.20 bits per heavy atom. The topological polar surface area (TPSA) is 110 Å². The molecule has 2 atom stereocenters. The predicted octanol–water partition coefficient (Wildman–Crippen LogP) is -1.83. The summed E-state index contributed by atoms with van der Waals surface area (Å²) in [5.74, 6) is -0.923. The fourth-order valence-electron chi connectivity index (χ4n) is 1.67. The van der Waals surface area contributed by atoms with Crippen LogP contribution in [-0.2, 0) is 9.59 Å². The molecule has 0 radical (unpaired) electrons. The molecule has 0 aromatic heterocycles. The van der Waals surface area contributed by atoms with Crippen LogP contribution in [-0.4, -0.2) is 46.6 Å². The number of β-amino-alcohol motifs (C(OH)–C–C–N with tert-alkyl or cyclic N) is 1. The molecule has 0 bridgehead atoms. The van der Waals surface area contributed by atoms with Crippen LogP contribution in [0.25, 0.3) is 0 Å². The van der Waals surface area contributed by atoms with Crippen LogP contribution >= 0.6 is 0 Å². The van der Waals surface area contributed by atoms with Gasteiger partial charge < -0.3 is 21.5 Å². The van der Waals surface area contributed by atoms with Crippen LogP contribution in [0.15, 0.2) is 0 Å². The minimum atomic E-state index is -0.892. The second-order valence-corrected chi connectivity index (χ2v) is 4.28. The summed E-state index contributed by atoms with van der Waals surface area (Å²) in [5, 5.41) is 9.65. The minimum absolute atomic E-state index is 0.155. The molecule has 2 unspecified atom stereocenters. The number of likely N-dealkylation sites (tertiary alicyclic amines) is 1. The van der Waals surface area contributed by atoms with E-state index >= 15 is 0 Å². The molecule has 0 aromatic rings. The lowest BCUT2D eigenvalue weighted by atomic mass is 10.1. The zero-order valence-corrected chi connectivity index (χ0v) is 8.77. The zero-order chi connectivity index (χ0) is 11.6. The van der Waals surface area contributed by atoms with Crippen molar-refractivity contribution in [3.8, 4) is 0 Å². The Labute approximate surface area is 88.2 Å². The van der Waals surface area contributed by atoms with Gasteiger partial charge in [-0.05, 0) is 13.3 Å². The maximum absolute atomic E-state index is 11.7. The first kappa shape index (κ1) is 11.9. The van der Waals surface area contributed by atoms with Crippen LogP contribution in [0.2, 0.25) is 0 Å². The second kappa shape index (κ2) is 4.16. The number of nitrogens with two attached hydrogens (primary N) is 2. The molecule has 1 rings (SSSR count). The molecule has 0 saturated carbocycles. The van der Waals surface area contributed by atoms with Gasteiger partial charge >= 0.3 is 0 Å². The van der Waals surface area contributed by atoms with Gasteiger partial charge in [0.1, 0.15) is 0 Å². The summed E-state index contributed by atoms with van der Waals surface area (Å²) in [6.45, 7) is 2.40. The quantitative estimate of drug-likeness (QED) is 0.514. The van der Waals surface area contributed by atoms with Crippen LogP contribution < -0.4 is 11.5 Å². The standard InChI is InChI=1S/C9H17N3O3/c1-9(15)2-3-12(5-9)8(14)6(10)4-7(11)13/h6,15H,2-5,10H2,1H3,(H2,11,13). The molecule has 1 fully saturated rings. The fraction of sp³-hybridized carbons (Fsp3) is 0.778. The van der Waals surface area contributed by atoms with Crippen LogP contribution in [0.4, 0.5) is 0 Å². The molecule has 15 heavy (non-hydrogen) atoms. The number of carbonyl (C=O) groups excluding carboxylic acids is 2. The number of rotatable bonds is 3. The minimum Gasteiger partial charge on any atom is -0.388 e. The van der Waals surface area contributed by atoms with E-state index < -0.39 is 17.6 Å². The van der Waals surface area contributed by atoms with Crippen molar-refractivity contribution < 1.29 is 14.7 Å². The van der Waals surface area contributed by atoms with Gasteiger partial charge in [-0.3, -0.25) is 9.59 Å². The maximum atomic E-state index is 11.7. The Hall–Kier alpha value is -1.14. The van der Waals surface area contributed by atoms with E-state index in [1.807, 2.05) is 0 Å². The Balaban J connectivity index is 2.51. The molecule has 1 aliphatic heterocycles. The van der Waals surface area contributed by atoms with Gasteiger partial charge in [-0.25, -0.2) is 0 Å². The summed E-state index contributed by atoms with van der Waals surface area (Å²) in [6, 6.07) is -0.892. The van der Waals surface area contributed by atoms with E-state index in [1.54, 1.807) is 6.92 Å². The third-order valence-corrected chi connectivity index (χ3v) is 2.50. The number of hydrogen-bond donors (Lipinski definition) is 3. The molecular formula is C9H17N3O3. The van der Waals surface area contributed by atoms with Crippen molar-refractivity contribution in [3.05, 3.63) is 0 Å². The van der Waals surface area contributed by atoms with Crippen molar-refractivity contribution in [1.29, 1.82) is 0 Å². The smallest absolute Gasteiger partial charge is 0.240 e. The highest BCUT2D eigenvalue weighted by atomic mass is 16.3. The van der Waals surface area contributed by atoms with Crippen molar-refractivity contribution in [2.45, 2.75) is 31.4 Å². The van der Waals surface area contributed by atoms with Gasteiger partial charge in [-0.2, -0.15) is 0 Å². The summed E-state index contributed by atoms with van der Waals surface area (Å²) in [5.41, 5.74) is 9.61. The number of amides is 2. The summed E-state index contributed by atoms with van der Waals surface area (Å²) in [7, 11) is 0. The molecule has 6 nitrogen and oxygen atoms in total. The third kappa shape index (κ3) is 3.17. The van der Waals surface area contributed by atoms with Crippen LogP contribution in [0.3, 0.4) is 0 Å². The lowest BCUT2D eigenvalue weighted by molar-refractivity contribution is -0.134. The molecule has 86 valence electrons. The first-order valence-corrected chi connectivity index (χ1v) is 4.87. The first-order chi connectivity index (χ1) is 6.82. The van der Waals surface area contributed by atoms with E-state index in [0.717, 1.165) is 0 Å². The SMILES string of the molecule is CC1(O)CCN(C(=O)C(N)CC(N)=O)C1. The van der Waals surface area contributed by atoms with E-state index in [2.05, 4.69) is 0 Å². The first-order valence-electron chi connectivity index (χ1n) is 4.87. The van der Waals surface area contributed by atoms with Gasteiger partial charge in [-0.15, -0.1) is 0 Å². The number of aliphatic hydroxyl groups is 1. The normalized spacial score (nSPS) is 27.8. The van der Waals surface area contributed by atoms with Crippen LogP contribution in [0, 0.1) is 0 Å². The average Bonchev–Trinajstić information content (AvgIpc) is 2.43. The van der Waals surface area contributed by atoms with Crippen LogP contribution in [0.5, 0.6) is 0 Å². The Bertz CT molecular complexity index is 278. The Morgan fingerprint density at radius 3 is 2.60 bits per heavy atom. The zero-order valence-electron chi connectivity index (χ0n) is 8.77. The number of carbonyl (C=O) groups is 2. The monoisotopic (exact) mass is 215 g/mol. The van der Waals surface area contributed by atoms with Gasteiger partial charge in [-0.1, -0.05) is 0 Å². The van der Waals surface area contributed by atoms with E-state index in [1.165, 1.54) is 4.90 Å². The number of hydrogen-bond acceptors (Lipinski definition) is 4. The fourth-order valence-corrected chi connectivity index (χ4v) is 1.67. The molecular weight excluding hydrogens is 198 g/mol. The summed E-state index contributed by atoms with van der Waals surface area (Å²) >= 11 is 0. The molecule has 1 aliphatic rings. The largest absolute Gasteiger partial charge is 0.388 e. The summed E-state index contributed by atoms with van der Waals surface area (Å²) < 4.78 is 0. The Kier molecular flexibility index (Phi) is 3.31. The van der Waals surface area contributed by atoms with Crippen molar-refractivity contribution >= 4 is 11.8 Å². The van der Waals surface area contributed by atoms with E-state index in [0.29, 0.717) is 13.0 Å². The highest BCUT2D eigenvalue weighted by molar-refractivity contribution is 5.87. The lowest BCUT2D eigenvalue weighted by Crippen LogP contribution is -2.45. The summed E-state index contributed by atoms with van der Waals surface area (Å²) in [6.07, 6.45) is 0.375. The highest BCUT2D eigenvalue weighted by Crippen LogP contribution is 2.20. The highest BCUT2D eigenvalue weighted by Gasteiger charge is 2.35. The molecule has 0 aliphatic carbocycles. The van der Waals surface area contributed by atoms with Gasteiger partial charge in [0.2, 0.25) is 11.8 Å². The molecule has 0 spiro atoms.